The lowest BCUT2D eigenvalue weighted by Crippen LogP contribution is -2.34. The highest BCUT2D eigenvalue weighted by Crippen LogP contribution is 2.36. The first-order valence-electron chi connectivity index (χ1n) is 14.8. The van der Waals surface area contributed by atoms with Crippen molar-refractivity contribution in [3.63, 3.8) is 0 Å². The summed E-state index contributed by atoms with van der Waals surface area (Å²) in [5.74, 6) is 6.28. The third-order valence-corrected chi connectivity index (χ3v) is 7.55. The summed E-state index contributed by atoms with van der Waals surface area (Å²) in [6.07, 6.45) is 4.52. The summed E-state index contributed by atoms with van der Waals surface area (Å²) in [6, 6.07) is 17.2. The van der Waals surface area contributed by atoms with E-state index in [-0.39, 0.29) is 17.1 Å². The lowest BCUT2D eigenvalue weighted by molar-refractivity contribution is -0.116. The van der Waals surface area contributed by atoms with Crippen LogP contribution in [0.15, 0.2) is 54.6 Å². The number of amides is 2. The molecule has 41 heavy (non-hydrogen) atoms. The predicted octanol–water partition coefficient (Wildman–Crippen LogP) is 6.97. The molecule has 4 rings (SSSR count). The number of nitrogens with zero attached hydrogens (tertiary/aromatic N) is 2. The van der Waals surface area contributed by atoms with Crippen molar-refractivity contribution in [3.8, 4) is 17.5 Å². The molecule has 216 valence electrons. The second kappa shape index (κ2) is 13.6. The van der Waals surface area contributed by atoms with Crippen LogP contribution in [-0.4, -0.2) is 34.7 Å². The van der Waals surface area contributed by atoms with Gasteiger partial charge in [0.25, 0.3) is 0 Å². The van der Waals surface area contributed by atoms with Gasteiger partial charge >= 0.3 is 6.03 Å². The van der Waals surface area contributed by atoms with Crippen LogP contribution in [0.2, 0.25) is 0 Å². The van der Waals surface area contributed by atoms with Crippen molar-refractivity contribution < 1.29 is 9.59 Å². The largest absolute Gasteiger partial charge is 0.324 e. The average Bonchev–Trinajstić information content (AvgIpc) is 3.37. The third-order valence-electron chi connectivity index (χ3n) is 7.55. The van der Waals surface area contributed by atoms with E-state index in [1.807, 2.05) is 61.5 Å². The summed E-state index contributed by atoms with van der Waals surface area (Å²) >= 11 is 0. The van der Waals surface area contributed by atoms with Crippen molar-refractivity contribution in [1.29, 1.82) is 0 Å². The van der Waals surface area contributed by atoms with E-state index in [9.17, 15) is 9.59 Å². The van der Waals surface area contributed by atoms with Crippen LogP contribution in [-0.2, 0) is 10.2 Å². The molecule has 1 atom stereocenters. The van der Waals surface area contributed by atoms with Crippen LogP contribution in [0.4, 0.5) is 16.3 Å². The normalized spacial score (nSPS) is 14.6. The topological polar surface area (TPSA) is 88.1 Å². The van der Waals surface area contributed by atoms with Gasteiger partial charge in [0.05, 0.1) is 17.3 Å². The number of anilines is 2. The maximum atomic E-state index is 13.5. The standard InChI is InChI=1S/C34H43N5O2/c1-6-7-8-9-14-29(40)32(25-19-21-35-22-20-25)27-12-10-11-13-28(27)36-33(41)37-31-23-30(34(3,4)5)38-39(31)26-17-15-24(2)16-18-26/h10-13,15-18,23,25,32,35H,6-8,19-22H2,1-5H3,(H2,36,37,41). The fraction of sp³-hybridized carbons (Fsp3) is 0.441. The van der Waals surface area contributed by atoms with Gasteiger partial charge in [-0.1, -0.05) is 75.9 Å². The van der Waals surface area contributed by atoms with Gasteiger partial charge in [0.15, 0.2) is 0 Å². The van der Waals surface area contributed by atoms with Gasteiger partial charge in [-0.2, -0.15) is 5.10 Å². The minimum Gasteiger partial charge on any atom is -0.317 e. The van der Waals surface area contributed by atoms with Gasteiger partial charge in [-0.15, -0.1) is 0 Å². The highest BCUT2D eigenvalue weighted by Gasteiger charge is 2.32. The summed E-state index contributed by atoms with van der Waals surface area (Å²) in [7, 11) is 0. The molecule has 1 aliphatic heterocycles. The SMILES string of the molecule is CCCCC#CC(=O)C(c1ccccc1NC(=O)Nc1cc(C(C)(C)C)nn1-c1ccc(C)cc1)C1CCNCC1. The molecule has 7 nitrogen and oxygen atoms in total. The summed E-state index contributed by atoms with van der Waals surface area (Å²) in [4.78, 5) is 27.0. The molecule has 3 N–H and O–H groups in total. The molecule has 0 radical (unpaired) electrons. The van der Waals surface area contributed by atoms with Crippen molar-refractivity contribution in [2.75, 3.05) is 23.7 Å². The van der Waals surface area contributed by atoms with Crippen LogP contribution < -0.4 is 16.0 Å². The molecule has 2 amide bonds. The number of urea groups is 1. The van der Waals surface area contributed by atoms with Crippen LogP contribution in [0.1, 0.15) is 82.5 Å². The summed E-state index contributed by atoms with van der Waals surface area (Å²) < 4.78 is 1.76. The number of carbonyl (C=O) groups excluding carboxylic acids is 2. The van der Waals surface area contributed by atoms with E-state index in [1.165, 1.54) is 0 Å². The Balaban J connectivity index is 1.62. The van der Waals surface area contributed by atoms with E-state index in [0.29, 0.717) is 17.9 Å². The van der Waals surface area contributed by atoms with E-state index >= 15 is 0 Å². The number of piperidine rings is 1. The molecule has 1 fully saturated rings. The van der Waals surface area contributed by atoms with Gasteiger partial charge in [-0.05, 0) is 74.9 Å². The summed E-state index contributed by atoms with van der Waals surface area (Å²) in [6.45, 7) is 12.2. The van der Waals surface area contributed by atoms with Crippen LogP contribution >= 0.6 is 0 Å². The van der Waals surface area contributed by atoms with E-state index in [0.717, 1.165) is 61.3 Å². The first-order chi connectivity index (χ1) is 19.7. The van der Waals surface area contributed by atoms with Crippen LogP contribution in [0.25, 0.3) is 5.69 Å². The lowest BCUT2D eigenvalue weighted by Gasteiger charge is -2.30. The molecular weight excluding hydrogens is 510 g/mol. The number of hydrogen-bond acceptors (Lipinski definition) is 4. The molecule has 1 unspecified atom stereocenters. The molecule has 1 saturated heterocycles. The highest BCUT2D eigenvalue weighted by atomic mass is 16.2. The fourth-order valence-corrected chi connectivity index (χ4v) is 5.15. The first kappa shape index (κ1) is 30.1. The van der Waals surface area contributed by atoms with E-state index in [1.54, 1.807) is 4.68 Å². The highest BCUT2D eigenvalue weighted by molar-refractivity contribution is 6.04. The smallest absolute Gasteiger partial charge is 0.317 e. The first-order valence-corrected chi connectivity index (χ1v) is 14.8. The minimum absolute atomic E-state index is 0.0741. The average molecular weight is 554 g/mol. The van der Waals surface area contributed by atoms with Crippen molar-refractivity contribution in [3.05, 3.63) is 71.4 Å². The number of benzene rings is 2. The van der Waals surface area contributed by atoms with Gasteiger partial charge in [-0.25, -0.2) is 9.48 Å². The Labute approximate surface area is 244 Å². The molecule has 0 saturated carbocycles. The number of carbonyl (C=O) groups is 2. The van der Waals surface area contributed by atoms with Gasteiger partial charge in [0, 0.05) is 23.6 Å². The molecular formula is C34H43N5O2. The number of para-hydroxylation sites is 1. The van der Waals surface area contributed by atoms with Crippen molar-refractivity contribution in [1.82, 2.24) is 15.1 Å². The minimum atomic E-state index is -0.395. The number of rotatable bonds is 8. The molecule has 2 heterocycles. The van der Waals surface area contributed by atoms with Gasteiger partial charge in [0.1, 0.15) is 5.82 Å². The quantitative estimate of drug-likeness (QED) is 0.160. The Morgan fingerprint density at radius 3 is 2.46 bits per heavy atom. The maximum absolute atomic E-state index is 13.5. The molecule has 7 heteroatoms. The third kappa shape index (κ3) is 7.86. The Kier molecular flexibility index (Phi) is 10.0. The molecule has 0 bridgehead atoms. The second-order valence-electron chi connectivity index (χ2n) is 11.9. The van der Waals surface area contributed by atoms with E-state index in [2.05, 4.69) is 55.5 Å². The van der Waals surface area contributed by atoms with Crippen LogP contribution in [0.5, 0.6) is 0 Å². The van der Waals surface area contributed by atoms with Gasteiger partial charge in [0.2, 0.25) is 5.78 Å². The van der Waals surface area contributed by atoms with Gasteiger partial charge in [-0.3, -0.25) is 10.1 Å². The Bertz CT molecular complexity index is 1400. The molecule has 2 aromatic carbocycles. The lowest BCUT2D eigenvalue weighted by atomic mass is 9.77. The second-order valence-corrected chi connectivity index (χ2v) is 11.9. The Morgan fingerprint density at radius 2 is 1.78 bits per heavy atom. The summed E-state index contributed by atoms with van der Waals surface area (Å²) in [5, 5.41) is 14.3. The van der Waals surface area contributed by atoms with Crippen molar-refractivity contribution >= 4 is 23.3 Å². The molecule has 0 aliphatic carbocycles. The van der Waals surface area contributed by atoms with Crippen LogP contribution in [0.3, 0.4) is 0 Å². The van der Waals surface area contributed by atoms with Crippen LogP contribution in [0, 0.1) is 24.7 Å². The van der Waals surface area contributed by atoms with Crippen molar-refractivity contribution in [2.24, 2.45) is 5.92 Å². The number of unbranched alkanes of at least 4 members (excludes halogenated alkanes) is 2. The molecule has 1 aromatic heterocycles. The maximum Gasteiger partial charge on any atom is 0.324 e. The summed E-state index contributed by atoms with van der Waals surface area (Å²) in [5.41, 5.74) is 4.11. The Hall–Kier alpha value is -3.89. The fourth-order valence-electron chi connectivity index (χ4n) is 5.15. The Morgan fingerprint density at radius 1 is 1.07 bits per heavy atom. The zero-order chi connectivity index (χ0) is 29.4. The van der Waals surface area contributed by atoms with Gasteiger partial charge < -0.3 is 10.6 Å². The number of hydrogen-bond donors (Lipinski definition) is 3. The zero-order valence-electron chi connectivity index (χ0n) is 25.0. The number of ketones is 1. The monoisotopic (exact) mass is 553 g/mol. The molecule has 1 aliphatic rings. The molecule has 0 spiro atoms. The van der Waals surface area contributed by atoms with Crippen molar-refractivity contribution in [2.45, 2.75) is 78.1 Å². The number of aromatic nitrogens is 2. The van der Waals surface area contributed by atoms with E-state index < -0.39 is 11.9 Å². The zero-order valence-corrected chi connectivity index (χ0v) is 25.0. The molecule has 3 aromatic rings. The predicted molar refractivity (Wildman–Crippen MR) is 167 cm³/mol. The number of nitrogens with one attached hydrogen (secondary N) is 3. The van der Waals surface area contributed by atoms with E-state index in [4.69, 9.17) is 5.10 Å². The number of aryl methyl sites for hydroxylation is 1. The number of Topliss-reactive ketones (excluding diaryl/α,β-unsaturated/α-hetero) is 1.